The lowest BCUT2D eigenvalue weighted by atomic mass is 10.0. The molecule has 3 N–H and O–H groups in total. The molecule has 22 heavy (non-hydrogen) atoms. The molecule has 2 rings (SSSR count). The Labute approximate surface area is 129 Å². The summed E-state index contributed by atoms with van der Waals surface area (Å²) >= 11 is 0. The molecule has 1 amide bonds. The van der Waals surface area contributed by atoms with Crippen molar-refractivity contribution < 1.29 is 19.7 Å². The molecule has 1 aromatic heterocycles. The van der Waals surface area contributed by atoms with Crippen molar-refractivity contribution >= 4 is 5.91 Å². The van der Waals surface area contributed by atoms with Crippen LogP contribution >= 0.6 is 0 Å². The first-order valence-corrected chi connectivity index (χ1v) is 7.37. The minimum Gasteiger partial charge on any atom is -0.388 e. The second-order valence-electron chi connectivity index (χ2n) is 5.62. The number of hydrogen-bond donors (Lipinski definition) is 3. The van der Waals surface area contributed by atoms with Crippen LogP contribution < -0.4 is 5.32 Å². The highest BCUT2D eigenvalue weighted by atomic mass is 16.5. The summed E-state index contributed by atoms with van der Waals surface area (Å²) in [4.78, 5) is 18.0. The first-order chi connectivity index (χ1) is 10.6. The van der Waals surface area contributed by atoms with Crippen LogP contribution in [0.5, 0.6) is 0 Å². The lowest BCUT2D eigenvalue weighted by Gasteiger charge is -2.32. The molecular weight excluding hydrogens is 286 g/mol. The number of nitrogens with zero attached hydrogens (tertiary/aromatic N) is 2. The Kier molecular flexibility index (Phi) is 6.26. The molecule has 2 heterocycles. The van der Waals surface area contributed by atoms with Crippen LogP contribution in [0.3, 0.4) is 0 Å². The Balaban J connectivity index is 1.71. The maximum atomic E-state index is 11.9. The van der Waals surface area contributed by atoms with Gasteiger partial charge >= 0.3 is 0 Å². The number of amides is 1. The molecule has 122 valence electrons. The van der Waals surface area contributed by atoms with E-state index in [1.165, 1.54) is 0 Å². The summed E-state index contributed by atoms with van der Waals surface area (Å²) in [5.74, 6) is -0.167. The zero-order valence-corrected chi connectivity index (χ0v) is 12.7. The molecule has 0 aliphatic carbocycles. The molecule has 0 aromatic carbocycles. The number of nitrogens with one attached hydrogen (secondary N) is 1. The van der Waals surface area contributed by atoms with Crippen molar-refractivity contribution in [3.63, 3.8) is 0 Å². The van der Waals surface area contributed by atoms with E-state index in [1.807, 2.05) is 24.1 Å². The minimum atomic E-state index is -0.981. The zero-order valence-electron chi connectivity index (χ0n) is 12.7. The smallest absolute Gasteiger partial charge is 0.221 e. The predicted molar refractivity (Wildman–Crippen MR) is 80.0 cm³/mol. The highest BCUT2D eigenvalue weighted by Gasteiger charge is 2.32. The van der Waals surface area contributed by atoms with E-state index >= 15 is 0 Å². The topological polar surface area (TPSA) is 94.9 Å². The average molecular weight is 309 g/mol. The molecule has 0 spiro atoms. The van der Waals surface area contributed by atoms with Gasteiger partial charge in [-0.2, -0.15) is 0 Å². The van der Waals surface area contributed by atoms with Gasteiger partial charge in [-0.1, -0.05) is 6.07 Å². The Morgan fingerprint density at radius 2 is 2.32 bits per heavy atom. The summed E-state index contributed by atoms with van der Waals surface area (Å²) in [6.45, 7) is 1.62. The Bertz CT molecular complexity index is 471. The molecule has 1 aromatic rings. The van der Waals surface area contributed by atoms with Gasteiger partial charge in [0.1, 0.15) is 12.2 Å². The van der Waals surface area contributed by atoms with E-state index in [9.17, 15) is 15.0 Å². The molecule has 0 saturated carbocycles. The van der Waals surface area contributed by atoms with E-state index in [2.05, 4.69) is 10.3 Å². The molecule has 1 aliphatic rings. The molecule has 0 unspecified atom stereocenters. The number of aromatic nitrogens is 1. The minimum absolute atomic E-state index is 0.0986. The molecule has 7 nitrogen and oxygen atoms in total. The molecular formula is C15H23N3O4. The van der Waals surface area contributed by atoms with E-state index in [0.29, 0.717) is 13.0 Å². The normalized spacial score (nSPS) is 25.2. The number of hydrogen-bond acceptors (Lipinski definition) is 6. The molecule has 0 bridgehead atoms. The van der Waals surface area contributed by atoms with Crippen LogP contribution in [0.2, 0.25) is 0 Å². The number of aliphatic hydroxyl groups is 2. The van der Waals surface area contributed by atoms with Gasteiger partial charge < -0.3 is 25.2 Å². The predicted octanol–water partition coefficient (Wildman–Crippen LogP) is -0.860. The largest absolute Gasteiger partial charge is 0.388 e. The summed E-state index contributed by atoms with van der Waals surface area (Å²) in [6.07, 6.45) is 1.91. The van der Waals surface area contributed by atoms with E-state index in [1.54, 1.807) is 12.4 Å². The summed E-state index contributed by atoms with van der Waals surface area (Å²) in [5, 5.41) is 22.0. The van der Waals surface area contributed by atoms with E-state index in [0.717, 1.165) is 12.1 Å². The van der Waals surface area contributed by atoms with E-state index < -0.39 is 18.2 Å². The fraction of sp³-hybridized carbons (Fsp3) is 0.600. The van der Waals surface area contributed by atoms with Gasteiger partial charge in [0, 0.05) is 31.9 Å². The van der Waals surface area contributed by atoms with Gasteiger partial charge in [0.05, 0.1) is 19.3 Å². The quantitative estimate of drug-likeness (QED) is 0.633. The summed E-state index contributed by atoms with van der Waals surface area (Å²) in [5.41, 5.74) is 1.09. The maximum Gasteiger partial charge on any atom is 0.221 e. The van der Waals surface area contributed by atoms with E-state index in [4.69, 9.17) is 4.74 Å². The van der Waals surface area contributed by atoms with Gasteiger partial charge in [-0.25, -0.2) is 0 Å². The van der Waals surface area contributed by atoms with Crippen molar-refractivity contribution in [3.05, 3.63) is 30.1 Å². The first-order valence-electron chi connectivity index (χ1n) is 7.37. The third-order valence-corrected chi connectivity index (χ3v) is 3.63. The lowest BCUT2D eigenvalue weighted by molar-refractivity contribution is -0.131. The monoisotopic (exact) mass is 309 g/mol. The Morgan fingerprint density at radius 3 is 3.05 bits per heavy atom. The van der Waals surface area contributed by atoms with Crippen molar-refractivity contribution in [2.24, 2.45) is 0 Å². The lowest BCUT2D eigenvalue weighted by Crippen LogP contribution is -2.56. The van der Waals surface area contributed by atoms with Gasteiger partial charge in [-0.15, -0.1) is 0 Å². The third-order valence-electron chi connectivity index (χ3n) is 3.63. The summed E-state index contributed by atoms with van der Waals surface area (Å²) in [7, 11) is 1.93. The average Bonchev–Trinajstić information content (AvgIpc) is 2.51. The number of rotatable bonds is 6. The van der Waals surface area contributed by atoms with Crippen molar-refractivity contribution in [2.75, 3.05) is 26.8 Å². The van der Waals surface area contributed by atoms with Crippen molar-refractivity contribution in [1.29, 1.82) is 0 Å². The number of pyridine rings is 1. The highest BCUT2D eigenvalue weighted by molar-refractivity contribution is 5.76. The molecule has 0 radical (unpaired) electrons. The number of carbonyl (C=O) groups is 1. The van der Waals surface area contributed by atoms with Crippen LogP contribution in [-0.2, 0) is 16.1 Å². The summed E-state index contributed by atoms with van der Waals surface area (Å²) < 4.78 is 5.13. The molecule has 1 fully saturated rings. The van der Waals surface area contributed by atoms with Gasteiger partial charge in [0.15, 0.2) is 0 Å². The Morgan fingerprint density at radius 1 is 1.50 bits per heavy atom. The zero-order chi connectivity index (χ0) is 15.9. The molecule has 3 atom stereocenters. The van der Waals surface area contributed by atoms with Crippen LogP contribution in [0.15, 0.2) is 24.5 Å². The van der Waals surface area contributed by atoms with Crippen molar-refractivity contribution in [2.45, 2.75) is 31.2 Å². The van der Waals surface area contributed by atoms with Crippen LogP contribution in [0.4, 0.5) is 0 Å². The van der Waals surface area contributed by atoms with Gasteiger partial charge in [0.2, 0.25) is 5.91 Å². The SMILES string of the molecule is CN(CCC(=O)N[C@@H]1COC[C@@H](O)[C@H]1O)Cc1cccnc1. The number of ether oxygens (including phenoxy) is 1. The third kappa shape index (κ3) is 5.03. The highest BCUT2D eigenvalue weighted by Crippen LogP contribution is 2.09. The van der Waals surface area contributed by atoms with Gasteiger partial charge in [-0.3, -0.25) is 9.78 Å². The van der Waals surface area contributed by atoms with Crippen molar-refractivity contribution in [1.82, 2.24) is 15.2 Å². The van der Waals surface area contributed by atoms with Crippen LogP contribution in [0.1, 0.15) is 12.0 Å². The van der Waals surface area contributed by atoms with Crippen LogP contribution in [-0.4, -0.2) is 71.1 Å². The summed E-state index contributed by atoms with van der Waals surface area (Å²) in [6, 6.07) is 3.31. The fourth-order valence-corrected chi connectivity index (χ4v) is 2.36. The fourth-order valence-electron chi connectivity index (χ4n) is 2.36. The Hall–Kier alpha value is -1.54. The second-order valence-corrected chi connectivity index (χ2v) is 5.62. The molecule has 1 aliphatic heterocycles. The number of carbonyl (C=O) groups excluding carboxylic acids is 1. The standard InChI is InChI=1S/C15H23N3O4/c1-18(8-11-3-2-5-16-7-11)6-4-14(20)17-12-9-22-10-13(19)15(12)21/h2-3,5,7,12-13,15,19,21H,4,6,8-10H2,1H3,(H,17,20)/t12-,13-,15+/m1/s1. The van der Waals surface area contributed by atoms with Crippen molar-refractivity contribution in [3.8, 4) is 0 Å². The maximum absolute atomic E-state index is 11.9. The number of aliphatic hydroxyl groups excluding tert-OH is 2. The van der Waals surface area contributed by atoms with Crippen LogP contribution in [0, 0.1) is 0 Å². The van der Waals surface area contributed by atoms with Gasteiger partial charge in [-0.05, 0) is 18.7 Å². The van der Waals surface area contributed by atoms with Crippen LogP contribution in [0.25, 0.3) is 0 Å². The molecule has 7 heteroatoms. The molecule has 1 saturated heterocycles. The van der Waals surface area contributed by atoms with Gasteiger partial charge in [0.25, 0.3) is 0 Å². The van der Waals surface area contributed by atoms with E-state index in [-0.39, 0.29) is 19.1 Å². The second kappa shape index (κ2) is 8.19. The first kappa shape index (κ1) is 16.8.